The first-order valence-corrected chi connectivity index (χ1v) is 18.9. The molecule has 10 rings (SSSR count). The zero-order valence-electron chi connectivity index (χ0n) is 30.7. The van der Waals surface area contributed by atoms with Gasteiger partial charge in [0.05, 0.1) is 22.6 Å². The van der Waals surface area contributed by atoms with Crippen LogP contribution in [0.5, 0.6) is 0 Å². The van der Waals surface area contributed by atoms with Crippen LogP contribution in [-0.2, 0) is 5.41 Å². The molecule has 0 unspecified atom stereocenters. The van der Waals surface area contributed by atoms with Crippen molar-refractivity contribution in [3.63, 3.8) is 0 Å². The van der Waals surface area contributed by atoms with E-state index in [9.17, 15) is 0 Å². The third-order valence-electron chi connectivity index (χ3n) is 11.1. The second-order valence-corrected chi connectivity index (χ2v) is 14.9. The van der Waals surface area contributed by atoms with Crippen LogP contribution in [0.2, 0.25) is 0 Å². The van der Waals surface area contributed by atoms with Crippen LogP contribution in [0.25, 0.3) is 89.4 Å². The molecule has 0 spiro atoms. The van der Waals surface area contributed by atoms with Crippen molar-refractivity contribution in [2.75, 3.05) is 0 Å². The van der Waals surface area contributed by atoms with E-state index in [1.165, 1.54) is 27.8 Å². The highest BCUT2D eigenvalue weighted by Crippen LogP contribution is 2.50. The van der Waals surface area contributed by atoms with Gasteiger partial charge in [-0.25, -0.2) is 15.0 Å². The van der Waals surface area contributed by atoms with Gasteiger partial charge in [0.15, 0.2) is 5.82 Å². The fraction of sp³-hybridized carbons (Fsp3) is 0.0577. The van der Waals surface area contributed by atoms with E-state index in [-0.39, 0.29) is 5.41 Å². The Morgan fingerprint density at radius 1 is 0.327 bits per heavy atom. The maximum Gasteiger partial charge on any atom is 0.160 e. The molecule has 0 amide bonds. The third kappa shape index (κ3) is 5.82. The number of hydrogen-bond acceptors (Lipinski definition) is 3. The predicted octanol–water partition coefficient (Wildman–Crippen LogP) is 13.3. The number of benzene rings is 7. The topological polar surface area (TPSA) is 38.7 Å². The molecule has 2 heterocycles. The molecule has 0 aliphatic heterocycles. The van der Waals surface area contributed by atoms with Gasteiger partial charge in [-0.1, -0.05) is 166 Å². The molecule has 0 saturated carbocycles. The van der Waals surface area contributed by atoms with E-state index in [4.69, 9.17) is 15.0 Å². The number of aromatic nitrogens is 3. The second kappa shape index (κ2) is 13.2. The van der Waals surface area contributed by atoms with Crippen LogP contribution in [0.3, 0.4) is 0 Å². The molecule has 0 N–H and O–H groups in total. The van der Waals surface area contributed by atoms with Gasteiger partial charge in [-0.15, -0.1) is 0 Å². The maximum atomic E-state index is 5.31. The van der Waals surface area contributed by atoms with Gasteiger partial charge in [-0.3, -0.25) is 0 Å². The Labute approximate surface area is 321 Å². The van der Waals surface area contributed by atoms with E-state index in [1.54, 1.807) is 0 Å². The Kier molecular flexibility index (Phi) is 7.81. The van der Waals surface area contributed by atoms with Gasteiger partial charge in [-0.2, -0.15) is 0 Å². The first kappa shape index (κ1) is 32.7. The maximum absolute atomic E-state index is 5.31. The Balaban J connectivity index is 1.16. The minimum Gasteiger partial charge on any atom is -0.248 e. The molecule has 55 heavy (non-hydrogen) atoms. The summed E-state index contributed by atoms with van der Waals surface area (Å²) < 4.78 is 0. The summed E-state index contributed by atoms with van der Waals surface area (Å²) in [5.74, 6) is 0.682. The molecule has 3 heteroatoms. The minimum atomic E-state index is -0.121. The van der Waals surface area contributed by atoms with Gasteiger partial charge in [0.2, 0.25) is 0 Å². The average Bonchev–Trinajstić information content (AvgIpc) is 3.48. The smallest absolute Gasteiger partial charge is 0.160 e. The molecule has 9 aromatic rings. The lowest BCUT2D eigenvalue weighted by atomic mass is 9.82. The largest absolute Gasteiger partial charge is 0.248 e. The van der Waals surface area contributed by atoms with E-state index in [1.807, 2.05) is 12.1 Å². The summed E-state index contributed by atoms with van der Waals surface area (Å²) in [6.07, 6.45) is 0. The standard InChI is InChI=1S/C52H37N3/c1-52(2)45-27-13-12-26-41(45)43-30-44-42(31-47(35-18-8-4-9-19-35)53-50(44)32-46(43)52)38-23-15-25-40(29-38)51-54-48(36-20-10-5-11-21-36)33-49(55-51)39-24-14-22-37(28-39)34-16-6-3-7-17-34/h3-33H,1-2H3. The Morgan fingerprint density at radius 3 is 1.56 bits per heavy atom. The molecule has 1 aliphatic rings. The molecule has 0 saturated heterocycles. The van der Waals surface area contributed by atoms with Gasteiger partial charge in [0, 0.05) is 33.1 Å². The van der Waals surface area contributed by atoms with E-state index in [0.29, 0.717) is 5.82 Å². The average molecular weight is 704 g/mol. The quantitative estimate of drug-likeness (QED) is 0.173. The van der Waals surface area contributed by atoms with Crippen molar-refractivity contribution < 1.29 is 0 Å². The number of fused-ring (bicyclic) bond motifs is 4. The van der Waals surface area contributed by atoms with Crippen molar-refractivity contribution in [1.29, 1.82) is 0 Å². The van der Waals surface area contributed by atoms with Crippen molar-refractivity contribution in [3.8, 4) is 78.5 Å². The summed E-state index contributed by atoms with van der Waals surface area (Å²) in [6.45, 7) is 4.65. The summed E-state index contributed by atoms with van der Waals surface area (Å²) >= 11 is 0. The Hall–Kier alpha value is -6.97. The van der Waals surface area contributed by atoms with Crippen LogP contribution < -0.4 is 0 Å². The van der Waals surface area contributed by atoms with Crippen LogP contribution in [0, 0.1) is 0 Å². The molecule has 260 valence electrons. The van der Waals surface area contributed by atoms with Crippen LogP contribution >= 0.6 is 0 Å². The Morgan fingerprint density at radius 2 is 0.855 bits per heavy atom. The number of nitrogens with zero attached hydrogens (tertiary/aromatic N) is 3. The highest BCUT2D eigenvalue weighted by atomic mass is 14.9. The monoisotopic (exact) mass is 703 g/mol. The van der Waals surface area contributed by atoms with Gasteiger partial charge >= 0.3 is 0 Å². The normalized spacial score (nSPS) is 12.7. The van der Waals surface area contributed by atoms with Crippen LogP contribution in [-0.4, -0.2) is 15.0 Å². The predicted molar refractivity (Wildman–Crippen MR) is 228 cm³/mol. The lowest BCUT2D eigenvalue weighted by molar-refractivity contribution is 0.661. The lowest BCUT2D eigenvalue weighted by Gasteiger charge is -2.22. The van der Waals surface area contributed by atoms with Crippen LogP contribution in [0.4, 0.5) is 0 Å². The fourth-order valence-corrected chi connectivity index (χ4v) is 8.21. The van der Waals surface area contributed by atoms with Gasteiger partial charge < -0.3 is 0 Å². The minimum absolute atomic E-state index is 0.121. The van der Waals surface area contributed by atoms with Crippen molar-refractivity contribution in [2.24, 2.45) is 0 Å². The first-order valence-electron chi connectivity index (χ1n) is 18.9. The molecular weight excluding hydrogens is 667 g/mol. The van der Waals surface area contributed by atoms with Gasteiger partial charge in [0.1, 0.15) is 0 Å². The second-order valence-electron chi connectivity index (χ2n) is 14.9. The summed E-state index contributed by atoms with van der Waals surface area (Å²) in [4.78, 5) is 15.8. The van der Waals surface area contributed by atoms with E-state index in [2.05, 4.69) is 190 Å². The van der Waals surface area contributed by atoms with Crippen molar-refractivity contribution >= 4 is 10.9 Å². The summed E-state index contributed by atoms with van der Waals surface area (Å²) in [6, 6.07) is 66.5. The van der Waals surface area contributed by atoms with E-state index >= 15 is 0 Å². The molecule has 0 fully saturated rings. The summed E-state index contributed by atoms with van der Waals surface area (Å²) in [7, 11) is 0. The SMILES string of the molecule is CC1(C)c2ccccc2-c2cc3c(-c4cccc(-c5nc(-c6ccccc6)cc(-c6cccc(-c7ccccc7)c6)n5)c4)cc(-c4ccccc4)nc3cc21. The van der Waals surface area contributed by atoms with Crippen LogP contribution in [0.1, 0.15) is 25.0 Å². The lowest BCUT2D eigenvalue weighted by Crippen LogP contribution is -2.14. The van der Waals surface area contributed by atoms with Crippen LogP contribution in [0.15, 0.2) is 188 Å². The zero-order chi connectivity index (χ0) is 36.9. The van der Waals surface area contributed by atoms with Crippen molar-refractivity contribution in [3.05, 3.63) is 199 Å². The zero-order valence-corrected chi connectivity index (χ0v) is 30.7. The highest BCUT2D eigenvalue weighted by molar-refractivity contribution is 6.02. The molecule has 0 atom stereocenters. The number of rotatable bonds is 6. The molecular formula is C52H37N3. The fourth-order valence-electron chi connectivity index (χ4n) is 8.21. The molecule has 1 aliphatic carbocycles. The molecule has 2 aromatic heterocycles. The molecule has 7 aromatic carbocycles. The van der Waals surface area contributed by atoms with E-state index in [0.717, 1.165) is 66.9 Å². The highest BCUT2D eigenvalue weighted by Gasteiger charge is 2.35. The number of pyridine rings is 1. The summed E-state index contributed by atoms with van der Waals surface area (Å²) in [5, 5.41) is 1.13. The van der Waals surface area contributed by atoms with Gasteiger partial charge in [-0.05, 0) is 80.9 Å². The molecule has 0 radical (unpaired) electrons. The molecule has 3 nitrogen and oxygen atoms in total. The van der Waals surface area contributed by atoms with Crippen molar-refractivity contribution in [1.82, 2.24) is 15.0 Å². The third-order valence-corrected chi connectivity index (χ3v) is 11.1. The Bertz CT molecular complexity index is 2880. The van der Waals surface area contributed by atoms with E-state index < -0.39 is 0 Å². The molecule has 0 bridgehead atoms. The summed E-state index contributed by atoms with van der Waals surface area (Å²) in [5.41, 5.74) is 17.5. The van der Waals surface area contributed by atoms with Crippen molar-refractivity contribution in [2.45, 2.75) is 19.3 Å². The first-order chi connectivity index (χ1) is 27.0. The van der Waals surface area contributed by atoms with Gasteiger partial charge in [0.25, 0.3) is 0 Å². The number of hydrogen-bond donors (Lipinski definition) is 0.